The highest BCUT2D eigenvalue weighted by atomic mass is 16.6. The predicted octanol–water partition coefficient (Wildman–Crippen LogP) is 17.6. The SMILES string of the molecule is CC/C=C\C/C=C\C/C=C\C/C=C\C/C=C\CCCCCC(=O)OCC(COC(=O)CCCC/C=C\C/C=C\CC)OC(=O)CCCCCCCCCCCCCCCCCCCC. The maximum atomic E-state index is 12.8. The van der Waals surface area contributed by atoms with Crippen molar-refractivity contribution in [2.75, 3.05) is 13.2 Å². The van der Waals surface area contributed by atoms with Crippen molar-refractivity contribution < 1.29 is 28.6 Å². The molecule has 1 atom stereocenters. The van der Waals surface area contributed by atoms with Crippen LogP contribution in [-0.2, 0) is 28.6 Å². The van der Waals surface area contributed by atoms with Gasteiger partial charge >= 0.3 is 17.9 Å². The van der Waals surface area contributed by atoms with Crippen molar-refractivity contribution in [3.8, 4) is 0 Å². The summed E-state index contributed by atoms with van der Waals surface area (Å²) in [7, 11) is 0. The van der Waals surface area contributed by atoms with Gasteiger partial charge in [-0.25, -0.2) is 0 Å². The number of ether oxygens (including phenoxy) is 3. The third-order valence-electron chi connectivity index (χ3n) is 11.1. The molecular weight excluding hydrogens is 793 g/mol. The monoisotopic (exact) mass is 891 g/mol. The number of hydrogen-bond donors (Lipinski definition) is 0. The average Bonchev–Trinajstić information content (AvgIpc) is 3.29. The van der Waals surface area contributed by atoms with Crippen molar-refractivity contribution in [3.63, 3.8) is 0 Å². The van der Waals surface area contributed by atoms with E-state index < -0.39 is 6.10 Å². The smallest absolute Gasteiger partial charge is 0.306 e. The van der Waals surface area contributed by atoms with Gasteiger partial charge in [-0.2, -0.15) is 0 Å². The van der Waals surface area contributed by atoms with E-state index in [0.29, 0.717) is 19.3 Å². The van der Waals surface area contributed by atoms with Crippen molar-refractivity contribution in [2.45, 2.75) is 252 Å². The Morgan fingerprint density at radius 3 is 0.984 bits per heavy atom. The van der Waals surface area contributed by atoms with Crippen molar-refractivity contribution in [3.05, 3.63) is 85.1 Å². The Bertz CT molecular complexity index is 1250. The van der Waals surface area contributed by atoms with Crippen LogP contribution in [0.15, 0.2) is 85.1 Å². The van der Waals surface area contributed by atoms with Gasteiger partial charge in [-0.15, -0.1) is 0 Å². The zero-order chi connectivity index (χ0) is 46.5. The second-order valence-corrected chi connectivity index (χ2v) is 17.4. The quantitative estimate of drug-likeness (QED) is 0.0262. The molecule has 0 saturated heterocycles. The number of rotatable bonds is 47. The fourth-order valence-corrected chi connectivity index (χ4v) is 7.21. The molecule has 0 heterocycles. The number of unbranched alkanes of at least 4 members (excludes halogenated alkanes) is 22. The first-order chi connectivity index (χ1) is 31.5. The molecule has 6 heteroatoms. The fourth-order valence-electron chi connectivity index (χ4n) is 7.21. The zero-order valence-electron chi connectivity index (χ0n) is 41.8. The van der Waals surface area contributed by atoms with E-state index in [0.717, 1.165) is 109 Å². The minimum atomic E-state index is -0.801. The van der Waals surface area contributed by atoms with E-state index in [2.05, 4.69) is 106 Å². The Morgan fingerprint density at radius 1 is 0.328 bits per heavy atom. The molecule has 0 rings (SSSR count). The zero-order valence-corrected chi connectivity index (χ0v) is 41.8. The Labute approximate surface area is 395 Å². The highest BCUT2D eigenvalue weighted by Gasteiger charge is 2.19. The lowest BCUT2D eigenvalue weighted by Crippen LogP contribution is -2.30. The molecule has 0 amide bonds. The first-order valence-corrected chi connectivity index (χ1v) is 26.6. The van der Waals surface area contributed by atoms with Gasteiger partial charge in [-0.05, 0) is 89.9 Å². The van der Waals surface area contributed by atoms with E-state index in [-0.39, 0.29) is 31.1 Å². The van der Waals surface area contributed by atoms with Gasteiger partial charge < -0.3 is 14.2 Å². The van der Waals surface area contributed by atoms with Gasteiger partial charge in [-0.3, -0.25) is 14.4 Å². The van der Waals surface area contributed by atoms with Gasteiger partial charge in [-0.1, -0.05) is 221 Å². The first-order valence-electron chi connectivity index (χ1n) is 26.6. The number of carbonyl (C=O) groups excluding carboxylic acids is 3. The molecule has 0 aromatic rings. The number of esters is 3. The van der Waals surface area contributed by atoms with Crippen LogP contribution in [0.25, 0.3) is 0 Å². The summed E-state index contributed by atoms with van der Waals surface area (Å²) in [5, 5.41) is 0. The minimum Gasteiger partial charge on any atom is -0.462 e. The van der Waals surface area contributed by atoms with Gasteiger partial charge in [0.1, 0.15) is 13.2 Å². The van der Waals surface area contributed by atoms with Crippen molar-refractivity contribution >= 4 is 17.9 Å². The third kappa shape index (κ3) is 49.6. The largest absolute Gasteiger partial charge is 0.462 e. The Balaban J connectivity index is 4.37. The maximum Gasteiger partial charge on any atom is 0.306 e. The van der Waals surface area contributed by atoms with Gasteiger partial charge in [0, 0.05) is 19.3 Å². The van der Waals surface area contributed by atoms with Gasteiger partial charge in [0.25, 0.3) is 0 Å². The van der Waals surface area contributed by atoms with Crippen molar-refractivity contribution in [2.24, 2.45) is 0 Å². The summed E-state index contributed by atoms with van der Waals surface area (Å²) < 4.78 is 16.7. The summed E-state index contributed by atoms with van der Waals surface area (Å²) in [6.07, 6.45) is 67.3. The van der Waals surface area contributed by atoms with Gasteiger partial charge in [0.05, 0.1) is 0 Å². The second-order valence-electron chi connectivity index (χ2n) is 17.4. The average molecular weight is 891 g/mol. The Kier molecular flexibility index (Phi) is 49.4. The summed E-state index contributed by atoms with van der Waals surface area (Å²) in [4.78, 5) is 37.9. The minimum absolute atomic E-state index is 0.103. The number of hydrogen-bond acceptors (Lipinski definition) is 6. The van der Waals surface area contributed by atoms with Crippen LogP contribution in [0.2, 0.25) is 0 Å². The maximum absolute atomic E-state index is 12.8. The molecule has 0 fully saturated rings. The molecule has 0 aliphatic rings. The van der Waals surface area contributed by atoms with Crippen LogP contribution >= 0.6 is 0 Å². The van der Waals surface area contributed by atoms with E-state index in [1.807, 2.05) is 0 Å². The molecule has 0 radical (unpaired) electrons. The number of carbonyl (C=O) groups is 3. The van der Waals surface area contributed by atoms with Gasteiger partial charge in [0.15, 0.2) is 6.10 Å². The molecule has 0 aliphatic carbocycles. The van der Waals surface area contributed by atoms with E-state index in [1.165, 1.54) is 96.3 Å². The summed E-state index contributed by atoms with van der Waals surface area (Å²) in [5.41, 5.74) is 0. The fraction of sp³-hybridized carbons (Fsp3) is 0.707. The summed E-state index contributed by atoms with van der Waals surface area (Å²) in [6, 6.07) is 0. The Morgan fingerprint density at radius 2 is 0.609 bits per heavy atom. The lowest BCUT2D eigenvalue weighted by molar-refractivity contribution is -0.167. The van der Waals surface area contributed by atoms with E-state index in [4.69, 9.17) is 14.2 Å². The predicted molar refractivity (Wildman–Crippen MR) is 274 cm³/mol. The summed E-state index contributed by atoms with van der Waals surface area (Å²) >= 11 is 0. The molecule has 366 valence electrons. The lowest BCUT2D eigenvalue weighted by atomic mass is 10.0. The van der Waals surface area contributed by atoms with Gasteiger partial charge in [0.2, 0.25) is 0 Å². The molecule has 64 heavy (non-hydrogen) atoms. The summed E-state index contributed by atoms with van der Waals surface area (Å²) in [6.45, 7) is 6.35. The lowest BCUT2D eigenvalue weighted by Gasteiger charge is -2.18. The van der Waals surface area contributed by atoms with Crippen LogP contribution in [0, 0.1) is 0 Å². The van der Waals surface area contributed by atoms with E-state index in [9.17, 15) is 14.4 Å². The topological polar surface area (TPSA) is 78.9 Å². The van der Waals surface area contributed by atoms with Crippen LogP contribution in [0.5, 0.6) is 0 Å². The van der Waals surface area contributed by atoms with E-state index in [1.54, 1.807) is 0 Å². The van der Waals surface area contributed by atoms with Crippen molar-refractivity contribution in [1.82, 2.24) is 0 Å². The molecule has 0 saturated carbocycles. The molecule has 1 unspecified atom stereocenters. The molecule has 0 bridgehead atoms. The van der Waals surface area contributed by atoms with Crippen LogP contribution in [0.3, 0.4) is 0 Å². The molecule has 0 aromatic heterocycles. The molecular formula is C58H98O6. The molecule has 0 aliphatic heterocycles. The van der Waals surface area contributed by atoms with Crippen LogP contribution < -0.4 is 0 Å². The Hall–Kier alpha value is -3.41. The van der Waals surface area contributed by atoms with Crippen LogP contribution in [0.4, 0.5) is 0 Å². The molecule has 0 spiro atoms. The molecule has 0 N–H and O–H groups in total. The third-order valence-corrected chi connectivity index (χ3v) is 11.1. The molecule has 0 aromatic carbocycles. The first kappa shape index (κ1) is 60.6. The summed E-state index contributed by atoms with van der Waals surface area (Å²) in [5.74, 6) is -0.966. The standard InChI is InChI=1S/C58H98O6/c1-4-7-10-13-16-19-21-23-25-27-29-31-32-34-36-39-42-45-48-51-57(60)63-54-55(53-62-56(59)50-47-44-41-38-18-15-12-9-6-3)64-58(61)52-49-46-43-40-37-35-33-30-28-26-24-22-20-17-14-11-8-5-2/h7,9-10,12,16,18-19,23,25,29,31,34,36,38,55H,4-6,8,11,13-15,17,20-22,24,26-28,30,32-33,35,37,39-54H2,1-3H3/b10-7-,12-9-,19-16-,25-23-,31-29-,36-34-,38-18-. The second kappa shape index (κ2) is 52.2. The highest BCUT2D eigenvalue weighted by Crippen LogP contribution is 2.15. The normalized spacial score (nSPS) is 12.7. The van der Waals surface area contributed by atoms with Crippen LogP contribution in [-0.4, -0.2) is 37.2 Å². The van der Waals surface area contributed by atoms with Crippen molar-refractivity contribution in [1.29, 1.82) is 0 Å². The van der Waals surface area contributed by atoms with E-state index >= 15 is 0 Å². The molecule has 6 nitrogen and oxygen atoms in total. The van der Waals surface area contributed by atoms with Crippen LogP contribution in [0.1, 0.15) is 245 Å². The number of allylic oxidation sites excluding steroid dienone is 14. The highest BCUT2D eigenvalue weighted by molar-refractivity contribution is 5.71.